The number of aryl methyl sites for hydroxylation is 1. The molecule has 0 radical (unpaired) electrons. The summed E-state index contributed by atoms with van der Waals surface area (Å²) >= 11 is 0. The second-order valence-corrected chi connectivity index (χ2v) is 4.75. The Hall–Kier alpha value is -0.940. The third kappa shape index (κ3) is 2.80. The summed E-state index contributed by atoms with van der Waals surface area (Å²) in [5, 5.41) is 7.39. The van der Waals surface area contributed by atoms with Gasteiger partial charge in [0, 0.05) is 19.5 Å². The van der Waals surface area contributed by atoms with Crippen molar-refractivity contribution in [2.75, 3.05) is 20.1 Å². The molecule has 0 spiro atoms. The van der Waals surface area contributed by atoms with E-state index in [1.165, 1.54) is 6.42 Å². The zero-order valence-electron chi connectivity index (χ0n) is 10.2. The van der Waals surface area contributed by atoms with Crippen LogP contribution in [0.1, 0.15) is 25.1 Å². The minimum absolute atomic E-state index is 0.565. The first-order chi connectivity index (χ1) is 7.65. The lowest BCUT2D eigenvalue weighted by molar-refractivity contribution is 0.173. The quantitative estimate of drug-likeness (QED) is 0.823. The number of piperidine rings is 1. The van der Waals surface area contributed by atoms with E-state index in [-0.39, 0.29) is 0 Å². The normalized spacial score (nSPS) is 27.2. The van der Waals surface area contributed by atoms with E-state index in [1.54, 1.807) is 0 Å². The fourth-order valence-electron chi connectivity index (χ4n) is 2.29. The average Bonchev–Trinajstić information content (AvgIpc) is 2.63. The SMILES string of the molecule is Cc1nc(CNC2CCN(C)CC2C)no1. The molecule has 0 amide bonds. The summed E-state index contributed by atoms with van der Waals surface area (Å²) in [7, 11) is 2.18. The van der Waals surface area contributed by atoms with E-state index < -0.39 is 0 Å². The second-order valence-electron chi connectivity index (χ2n) is 4.75. The Morgan fingerprint density at radius 3 is 3.00 bits per heavy atom. The predicted molar refractivity (Wildman–Crippen MR) is 60.9 cm³/mol. The van der Waals surface area contributed by atoms with E-state index >= 15 is 0 Å². The minimum Gasteiger partial charge on any atom is -0.340 e. The van der Waals surface area contributed by atoms with Crippen LogP contribution >= 0.6 is 0 Å². The Balaban J connectivity index is 1.81. The van der Waals surface area contributed by atoms with Gasteiger partial charge in [0.2, 0.25) is 5.89 Å². The van der Waals surface area contributed by atoms with E-state index in [0.717, 1.165) is 18.9 Å². The first kappa shape index (κ1) is 11.5. The molecule has 2 rings (SSSR count). The first-order valence-corrected chi connectivity index (χ1v) is 5.86. The van der Waals surface area contributed by atoms with Crippen LogP contribution in [-0.4, -0.2) is 41.2 Å². The van der Waals surface area contributed by atoms with Gasteiger partial charge in [-0.3, -0.25) is 0 Å². The number of nitrogens with one attached hydrogen (secondary N) is 1. The molecule has 0 aromatic carbocycles. The molecule has 1 aliphatic heterocycles. The van der Waals surface area contributed by atoms with Gasteiger partial charge in [-0.1, -0.05) is 12.1 Å². The van der Waals surface area contributed by atoms with Crippen molar-refractivity contribution < 1.29 is 4.52 Å². The fourth-order valence-corrected chi connectivity index (χ4v) is 2.29. The van der Waals surface area contributed by atoms with Crippen LogP contribution in [-0.2, 0) is 6.54 Å². The number of aromatic nitrogens is 2. The Labute approximate surface area is 96.2 Å². The zero-order chi connectivity index (χ0) is 11.5. The standard InChI is InChI=1S/C11H20N4O/c1-8-7-15(3)5-4-10(8)12-6-11-13-9(2)16-14-11/h8,10,12H,4-7H2,1-3H3. The number of rotatable bonds is 3. The first-order valence-electron chi connectivity index (χ1n) is 5.86. The van der Waals surface area contributed by atoms with Gasteiger partial charge in [0.1, 0.15) is 0 Å². The van der Waals surface area contributed by atoms with Crippen LogP contribution in [0.3, 0.4) is 0 Å². The number of likely N-dealkylation sites (tertiary alicyclic amines) is 1. The molecule has 0 bridgehead atoms. The van der Waals surface area contributed by atoms with Crippen LogP contribution in [0.25, 0.3) is 0 Å². The Kier molecular flexibility index (Phi) is 3.56. The summed E-state index contributed by atoms with van der Waals surface area (Å²) in [5.74, 6) is 2.06. The molecule has 90 valence electrons. The van der Waals surface area contributed by atoms with E-state index in [1.807, 2.05) is 6.92 Å². The van der Waals surface area contributed by atoms with Crippen LogP contribution in [0, 0.1) is 12.8 Å². The maximum absolute atomic E-state index is 4.94. The highest BCUT2D eigenvalue weighted by molar-refractivity contribution is 4.87. The van der Waals surface area contributed by atoms with Gasteiger partial charge >= 0.3 is 0 Å². The third-order valence-corrected chi connectivity index (χ3v) is 3.20. The molecule has 0 aliphatic carbocycles. The van der Waals surface area contributed by atoms with Crippen molar-refractivity contribution in [2.24, 2.45) is 5.92 Å². The summed E-state index contributed by atoms with van der Waals surface area (Å²) in [6.45, 7) is 7.12. The molecule has 5 heteroatoms. The molecule has 1 aromatic rings. The second kappa shape index (κ2) is 4.93. The molecule has 1 aliphatic rings. The number of hydrogen-bond acceptors (Lipinski definition) is 5. The summed E-state index contributed by atoms with van der Waals surface area (Å²) in [5.41, 5.74) is 0. The van der Waals surface area contributed by atoms with E-state index in [9.17, 15) is 0 Å². The number of hydrogen-bond donors (Lipinski definition) is 1. The lowest BCUT2D eigenvalue weighted by Crippen LogP contribution is -2.46. The van der Waals surface area contributed by atoms with Gasteiger partial charge in [0.05, 0.1) is 6.54 Å². The minimum atomic E-state index is 0.565. The van der Waals surface area contributed by atoms with Crippen molar-refractivity contribution in [1.82, 2.24) is 20.4 Å². The van der Waals surface area contributed by atoms with E-state index in [0.29, 0.717) is 24.4 Å². The molecule has 5 nitrogen and oxygen atoms in total. The Bertz CT molecular complexity index is 338. The molecule has 2 atom stereocenters. The van der Waals surface area contributed by atoms with Gasteiger partial charge in [-0.2, -0.15) is 4.98 Å². The molecule has 1 fully saturated rings. The summed E-state index contributed by atoms with van der Waals surface area (Å²) in [6.07, 6.45) is 1.19. The highest BCUT2D eigenvalue weighted by Gasteiger charge is 2.23. The van der Waals surface area contributed by atoms with Gasteiger partial charge in [-0.15, -0.1) is 0 Å². The molecule has 0 saturated carbocycles. The molecule has 1 aromatic heterocycles. The van der Waals surface area contributed by atoms with Crippen LogP contribution in [0.15, 0.2) is 4.52 Å². The van der Waals surface area contributed by atoms with Gasteiger partial charge in [-0.05, 0) is 25.9 Å². The van der Waals surface area contributed by atoms with Crippen LogP contribution in [0.2, 0.25) is 0 Å². The summed E-state index contributed by atoms with van der Waals surface area (Å²) in [6, 6.07) is 0.565. The lowest BCUT2D eigenvalue weighted by Gasteiger charge is -2.35. The van der Waals surface area contributed by atoms with Crippen molar-refractivity contribution in [3.63, 3.8) is 0 Å². The monoisotopic (exact) mass is 224 g/mol. The molecule has 2 heterocycles. The third-order valence-electron chi connectivity index (χ3n) is 3.20. The fraction of sp³-hybridized carbons (Fsp3) is 0.818. The van der Waals surface area contributed by atoms with Crippen molar-refractivity contribution in [1.29, 1.82) is 0 Å². The van der Waals surface area contributed by atoms with Crippen molar-refractivity contribution in [3.8, 4) is 0 Å². The molecular weight excluding hydrogens is 204 g/mol. The van der Waals surface area contributed by atoms with Gasteiger partial charge < -0.3 is 14.7 Å². The van der Waals surface area contributed by atoms with E-state index in [2.05, 4.69) is 34.3 Å². The maximum atomic E-state index is 4.94. The number of nitrogens with zero attached hydrogens (tertiary/aromatic N) is 3. The zero-order valence-corrected chi connectivity index (χ0v) is 10.2. The topological polar surface area (TPSA) is 54.2 Å². The average molecular weight is 224 g/mol. The molecule has 1 N–H and O–H groups in total. The van der Waals surface area contributed by atoms with Gasteiger partial charge in [-0.25, -0.2) is 0 Å². The van der Waals surface area contributed by atoms with Crippen molar-refractivity contribution in [3.05, 3.63) is 11.7 Å². The Morgan fingerprint density at radius 1 is 1.56 bits per heavy atom. The van der Waals surface area contributed by atoms with Gasteiger partial charge in [0.15, 0.2) is 5.82 Å². The summed E-state index contributed by atoms with van der Waals surface area (Å²) in [4.78, 5) is 6.56. The lowest BCUT2D eigenvalue weighted by atomic mass is 9.94. The molecule has 1 saturated heterocycles. The largest absolute Gasteiger partial charge is 0.340 e. The highest BCUT2D eigenvalue weighted by atomic mass is 16.5. The molecule has 2 unspecified atom stereocenters. The van der Waals surface area contributed by atoms with Crippen LogP contribution < -0.4 is 5.32 Å². The van der Waals surface area contributed by atoms with Crippen LogP contribution in [0.5, 0.6) is 0 Å². The van der Waals surface area contributed by atoms with Crippen LogP contribution in [0.4, 0.5) is 0 Å². The molecule has 16 heavy (non-hydrogen) atoms. The smallest absolute Gasteiger partial charge is 0.223 e. The van der Waals surface area contributed by atoms with Crippen molar-refractivity contribution in [2.45, 2.75) is 32.9 Å². The maximum Gasteiger partial charge on any atom is 0.223 e. The predicted octanol–water partition coefficient (Wildman–Crippen LogP) is 0.808. The molecular formula is C11H20N4O. The van der Waals surface area contributed by atoms with E-state index in [4.69, 9.17) is 4.52 Å². The Morgan fingerprint density at radius 2 is 2.38 bits per heavy atom. The van der Waals surface area contributed by atoms with Crippen molar-refractivity contribution >= 4 is 0 Å². The van der Waals surface area contributed by atoms with Gasteiger partial charge in [0.25, 0.3) is 0 Å². The highest BCUT2D eigenvalue weighted by Crippen LogP contribution is 2.15. The summed E-state index contributed by atoms with van der Waals surface area (Å²) < 4.78 is 4.94.